The van der Waals surface area contributed by atoms with Gasteiger partial charge >= 0.3 is 0 Å². The van der Waals surface area contributed by atoms with Crippen molar-refractivity contribution in [3.05, 3.63) is 232 Å². The van der Waals surface area contributed by atoms with Gasteiger partial charge in [-0.2, -0.15) is 0 Å². The second kappa shape index (κ2) is 16.1. The predicted octanol–water partition coefficient (Wildman–Crippen LogP) is 18.0. The van der Waals surface area contributed by atoms with Gasteiger partial charge in [-0.05, 0) is 216 Å². The van der Waals surface area contributed by atoms with E-state index >= 15 is 0 Å². The lowest BCUT2D eigenvalue weighted by atomic mass is 9.48. The summed E-state index contributed by atoms with van der Waals surface area (Å²) in [6, 6.07) is 57.6. The Kier molecular flexibility index (Phi) is 9.64. The number of benzene rings is 7. The molecule has 0 radical (unpaired) electrons. The molecular formula is C69H60N2. The Balaban J connectivity index is 0.926. The molecule has 2 nitrogen and oxygen atoms in total. The van der Waals surface area contributed by atoms with Crippen LogP contribution in [0.5, 0.6) is 0 Å². The van der Waals surface area contributed by atoms with Crippen LogP contribution in [0.3, 0.4) is 0 Å². The number of para-hydroxylation sites is 2. The highest BCUT2D eigenvalue weighted by atomic mass is 15.2. The van der Waals surface area contributed by atoms with Crippen molar-refractivity contribution in [1.29, 1.82) is 0 Å². The number of aryl methyl sites for hydroxylation is 2. The molecule has 0 N–H and O–H groups in total. The highest BCUT2D eigenvalue weighted by molar-refractivity contribution is 6.09. The molecule has 4 fully saturated rings. The van der Waals surface area contributed by atoms with Crippen LogP contribution in [0.15, 0.2) is 199 Å². The zero-order chi connectivity index (χ0) is 47.6. The van der Waals surface area contributed by atoms with E-state index in [2.05, 4.69) is 219 Å². The van der Waals surface area contributed by atoms with Gasteiger partial charge in [0.15, 0.2) is 0 Å². The molecule has 0 unspecified atom stereocenters. The van der Waals surface area contributed by atoms with E-state index in [4.69, 9.17) is 0 Å². The zero-order valence-electron chi connectivity index (χ0n) is 41.5. The number of hydrogen-bond donors (Lipinski definition) is 0. The Morgan fingerprint density at radius 2 is 1.23 bits per heavy atom. The first kappa shape index (κ1) is 42.5. The van der Waals surface area contributed by atoms with Crippen LogP contribution in [0.4, 0.5) is 11.4 Å². The average molecular weight is 917 g/mol. The lowest BCUT2D eigenvalue weighted by Crippen LogP contribution is -2.48. The summed E-state index contributed by atoms with van der Waals surface area (Å²) in [5.74, 6) is 2.82. The molecule has 0 amide bonds. The monoisotopic (exact) mass is 916 g/mol. The van der Waals surface area contributed by atoms with Crippen LogP contribution in [-0.4, -0.2) is 4.57 Å². The van der Waals surface area contributed by atoms with Crippen molar-refractivity contribution < 1.29 is 0 Å². The minimum atomic E-state index is -0.172. The molecule has 0 atom stereocenters. The molecule has 0 aliphatic heterocycles. The van der Waals surface area contributed by atoms with Gasteiger partial charge in [0.2, 0.25) is 0 Å². The van der Waals surface area contributed by atoms with E-state index in [-0.39, 0.29) is 5.41 Å². The van der Waals surface area contributed by atoms with E-state index in [0.29, 0.717) is 5.41 Å². The van der Waals surface area contributed by atoms with Crippen LogP contribution < -0.4 is 4.90 Å². The minimum absolute atomic E-state index is 0.172. The summed E-state index contributed by atoms with van der Waals surface area (Å²) in [6.07, 6.45) is 19.4. The topological polar surface area (TPSA) is 8.17 Å². The average Bonchev–Trinajstić information content (AvgIpc) is 3.85. The summed E-state index contributed by atoms with van der Waals surface area (Å²) < 4.78 is 2.44. The smallest absolute Gasteiger partial charge is 0.0545 e. The highest BCUT2D eigenvalue weighted by Crippen LogP contribution is 2.61. The maximum atomic E-state index is 3.58. The van der Waals surface area contributed by atoms with Crippen LogP contribution in [0, 0.1) is 31.6 Å². The fourth-order valence-corrected chi connectivity index (χ4v) is 15.2. The van der Waals surface area contributed by atoms with Crippen molar-refractivity contribution in [2.45, 2.75) is 89.9 Å². The molecule has 0 spiro atoms. The summed E-state index contributed by atoms with van der Waals surface area (Å²) in [5.41, 5.74) is 31.6. The van der Waals surface area contributed by atoms with Gasteiger partial charge < -0.3 is 9.47 Å². The van der Waals surface area contributed by atoms with Gasteiger partial charge in [0.05, 0.1) is 22.4 Å². The highest BCUT2D eigenvalue weighted by Gasteiger charge is 2.51. The molecule has 0 saturated heterocycles. The van der Waals surface area contributed by atoms with E-state index in [1.54, 1.807) is 5.56 Å². The minimum Gasteiger partial charge on any atom is -0.313 e. The standard InChI is InChI=1S/C69H60N2/c1-44-33-53(50-23-26-54(27-24-50)69-41-46-35-47(42-69)37-48(36-46)43-69)34-45(2)67(44)71(56-28-31-58-57-30-25-52(49-15-7-5-8-16-49)38-62(57)68(3,4)63(58)40-56)66-32-29-55(39-61(66)51-17-9-6-10-18-51)70-64-21-13-11-19-59(64)60-20-12-14-22-65(60)70/h5-9,11-17,19-27,29-30,32-34,38-40,46-48H,28,31,35-37,41-43H2,1-4H3. The van der Waals surface area contributed by atoms with Gasteiger partial charge in [-0.15, -0.1) is 0 Å². The van der Waals surface area contributed by atoms with Crippen molar-refractivity contribution in [1.82, 2.24) is 4.57 Å². The lowest BCUT2D eigenvalue weighted by Gasteiger charge is -2.57. The van der Waals surface area contributed by atoms with E-state index in [1.165, 1.54) is 127 Å². The van der Waals surface area contributed by atoms with Crippen LogP contribution in [-0.2, 0) is 10.8 Å². The second-order valence-electron chi connectivity index (χ2n) is 22.6. The molecule has 1 heterocycles. The van der Waals surface area contributed by atoms with Crippen molar-refractivity contribution in [3.63, 3.8) is 0 Å². The lowest BCUT2D eigenvalue weighted by molar-refractivity contribution is -0.00518. The van der Waals surface area contributed by atoms with Crippen LogP contribution in [0.25, 0.3) is 60.9 Å². The maximum Gasteiger partial charge on any atom is 0.0545 e. The van der Waals surface area contributed by atoms with Gasteiger partial charge in [0.25, 0.3) is 0 Å². The maximum absolute atomic E-state index is 3.58. The van der Waals surface area contributed by atoms with Crippen molar-refractivity contribution >= 4 is 44.3 Å². The largest absolute Gasteiger partial charge is 0.313 e. The predicted molar refractivity (Wildman–Crippen MR) is 297 cm³/mol. The summed E-state index contributed by atoms with van der Waals surface area (Å²) in [7, 11) is 0. The van der Waals surface area contributed by atoms with E-state index in [1.807, 2.05) is 6.08 Å². The number of fused-ring (bicyclic) bond motifs is 5. The third-order valence-corrected chi connectivity index (χ3v) is 17.9. The molecule has 1 aromatic heterocycles. The number of hydrogen-bond acceptors (Lipinski definition) is 1. The Morgan fingerprint density at radius 3 is 1.89 bits per heavy atom. The van der Waals surface area contributed by atoms with Gasteiger partial charge in [0.1, 0.15) is 0 Å². The van der Waals surface area contributed by atoms with Gasteiger partial charge in [0, 0.05) is 38.7 Å². The summed E-state index contributed by atoms with van der Waals surface area (Å²) in [4.78, 5) is 2.63. The SMILES string of the molecule is Cc1cc(-c2ccc(C34CC5CC(CC(C5)C3)C4)cc2)cc(C)c1N(C1=CC2=C(CC1)c1ccc(-c3ccccc3)cc1C2(C)C)c1ccc(-n2c3ccccc3c3ccccc32)cc1C1=C=C=CC=C1. The zero-order valence-corrected chi connectivity index (χ0v) is 41.5. The first-order valence-electron chi connectivity index (χ1n) is 26.4. The molecule has 15 rings (SSSR count). The molecule has 8 aromatic rings. The molecule has 7 aromatic carbocycles. The van der Waals surface area contributed by atoms with Crippen LogP contribution in [0.1, 0.15) is 98.6 Å². The summed E-state index contributed by atoms with van der Waals surface area (Å²) in [6.45, 7) is 9.55. The number of aromatic nitrogens is 1. The summed E-state index contributed by atoms with van der Waals surface area (Å²) in [5, 5.41) is 2.52. The molecule has 4 saturated carbocycles. The van der Waals surface area contributed by atoms with Gasteiger partial charge in [-0.25, -0.2) is 0 Å². The Morgan fingerprint density at radius 1 is 0.592 bits per heavy atom. The number of allylic oxidation sites excluding steroid dienone is 8. The molecule has 4 bridgehead atoms. The van der Waals surface area contributed by atoms with E-state index in [9.17, 15) is 0 Å². The first-order valence-corrected chi connectivity index (χ1v) is 26.4. The molecule has 346 valence electrons. The normalized spacial score (nSPS) is 22.3. The fraction of sp³-hybridized carbons (Fsp3) is 0.246. The van der Waals surface area contributed by atoms with Crippen molar-refractivity contribution in [2.75, 3.05) is 4.90 Å². The quantitative estimate of drug-likeness (QED) is 0.138. The third kappa shape index (κ3) is 6.76. The number of nitrogens with zero attached hydrogens (tertiary/aromatic N) is 2. The van der Waals surface area contributed by atoms with Crippen LogP contribution in [0.2, 0.25) is 0 Å². The number of rotatable bonds is 8. The van der Waals surface area contributed by atoms with Crippen molar-refractivity contribution in [2.24, 2.45) is 17.8 Å². The Hall–Kier alpha value is -7.34. The fourth-order valence-electron chi connectivity index (χ4n) is 15.2. The van der Waals surface area contributed by atoms with Crippen molar-refractivity contribution in [3.8, 4) is 27.9 Å². The first-order chi connectivity index (χ1) is 34.7. The second-order valence-corrected chi connectivity index (χ2v) is 22.6. The Bertz CT molecular complexity index is 3630. The third-order valence-electron chi connectivity index (χ3n) is 17.9. The van der Waals surface area contributed by atoms with E-state index in [0.717, 1.165) is 53.1 Å². The molecule has 71 heavy (non-hydrogen) atoms. The molecular weight excluding hydrogens is 857 g/mol. The van der Waals surface area contributed by atoms with Gasteiger partial charge in [-0.3, -0.25) is 0 Å². The molecule has 7 aliphatic rings. The number of anilines is 2. The molecule has 7 aliphatic carbocycles. The summed E-state index contributed by atoms with van der Waals surface area (Å²) >= 11 is 0. The van der Waals surface area contributed by atoms with Crippen LogP contribution >= 0.6 is 0 Å². The molecule has 2 heteroatoms. The Labute approximate surface area is 419 Å². The van der Waals surface area contributed by atoms with E-state index < -0.39 is 0 Å². The van der Waals surface area contributed by atoms with Gasteiger partial charge in [-0.1, -0.05) is 135 Å².